The highest BCUT2D eigenvalue weighted by Gasteiger charge is 2.19. The summed E-state index contributed by atoms with van der Waals surface area (Å²) >= 11 is 0. The molecule has 7 heteroatoms. The minimum absolute atomic E-state index is 0.0572. The summed E-state index contributed by atoms with van der Waals surface area (Å²) in [5.74, 6) is -2.05. The predicted octanol–water partition coefficient (Wildman–Crippen LogP) is 0.926. The third kappa shape index (κ3) is 3.75. The number of carbonyl (C=O) groups is 2. The van der Waals surface area contributed by atoms with Crippen molar-refractivity contribution in [2.24, 2.45) is 4.99 Å². The van der Waals surface area contributed by atoms with E-state index in [4.69, 9.17) is 5.11 Å². The van der Waals surface area contributed by atoms with Gasteiger partial charge < -0.3 is 15.7 Å². The lowest BCUT2D eigenvalue weighted by atomic mass is 10.2. The topological polar surface area (TPSA) is 90.8 Å². The Hall–Kier alpha value is -2.96. The summed E-state index contributed by atoms with van der Waals surface area (Å²) in [5.41, 5.74) is 0.473. The fourth-order valence-electron chi connectivity index (χ4n) is 1.64. The van der Waals surface area contributed by atoms with E-state index in [0.29, 0.717) is 5.56 Å². The molecule has 1 aliphatic rings. The molecule has 3 N–H and O–H groups in total. The van der Waals surface area contributed by atoms with Gasteiger partial charge in [0.2, 0.25) is 0 Å². The van der Waals surface area contributed by atoms with E-state index in [0.717, 1.165) is 6.08 Å². The van der Waals surface area contributed by atoms with Crippen molar-refractivity contribution in [2.45, 2.75) is 6.54 Å². The predicted molar refractivity (Wildman–Crippen MR) is 73.7 cm³/mol. The molecule has 0 aromatic heterocycles. The van der Waals surface area contributed by atoms with Crippen molar-refractivity contribution < 1.29 is 19.1 Å². The van der Waals surface area contributed by atoms with Crippen LogP contribution in [-0.4, -0.2) is 22.7 Å². The van der Waals surface area contributed by atoms with Crippen LogP contribution in [0.2, 0.25) is 0 Å². The molecule has 1 heterocycles. The van der Waals surface area contributed by atoms with Crippen LogP contribution in [0, 0.1) is 5.82 Å². The largest absolute Gasteiger partial charge is 0.477 e. The van der Waals surface area contributed by atoms with Crippen molar-refractivity contribution in [3.05, 3.63) is 59.8 Å². The van der Waals surface area contributed by atoms with Crippen molar-refractivity contribution in [2.75, 3.05) is 0 Å². The Morgan fingerprint density at radius 1 is 1.33 bits per heavy atom. The van der Waals surface area contributed by atoms with Crippen LogP contribution >= 0.6 is 0 Å². The van der Waals surface area contributed by atoms with E-state index in [1.807, 2.05) is 0 Å². The number of rotatable bonds is 4. The number of hydrogen-bond acceptors (Lipinski definition) is 4. The molecule has 0 radical (unpaired) electrons. The van der Waals surface area contributed by atoms with Gasteiger partial charge in [-0.2, -0.15) is 0 Å². The number of nitrogens with one attached hydrogen (secondary N) is 2. The summed E-state index contributed by atoms with van der Waals surface area (Å²) in [4.78, 5) is 26.7. The van der Waals surface area contributed by atoms with Gasteiger partial charge >= 0.3 is 5.97 Å². The first-order valence-electron chi connectivity index (χ1n) is 5.98. The molecule has 1 aliphatic heterocycles. The second-order valence-electron chi connectivity index (χ2n) is 4.24. The summed E-state index contributed by atoms with van der Waals surface area (Å²) in [6, 6.07) is 5.65. The number of carbonyl (C=O) groups excluding carboxylic acids is 1. The first-order chi connectivity index (χ1) is 9.95. The Morgan fingerprint density at radius 3 is 2.62 bits per heavy atom. The zero-order valence-electron chi connectivity index (χ0n) is 10.9. The quantitative estimate of drug-likeness (QED) is 0.769. The van der Waals surface area contributed by atoms with Crippen LogP contribution < -0.4 is 10.6 Å². The number of carboxylic acid groups (broad SMARTS) is 1. The van der Waals surface area contributed by atoms with Gasteiger partial charge in [-0.1, -0.05) is 18.7 Å². The number of amides is 1. The number of halogens is 1. The van der Waals surface area contributed by atoms with E-state index >= 15 is 0 Å². The smallest absolute Gasteiger partial charge is 0.352 e. The van der Waals surface area contributed by atoms with Gasteiger partial charge in [-0.25, -0.2) is 14.2 Å². The van der Waals surface area contributed by atoms with E-state index in [1.54, 1.807) is 0 Å². The van der Waals surface area contributed by atoms with E-state index in [2.05, 4.69) is 22.2 Å². The van der Waals surface area contributed by atoms with Crippen molar-refractivity contribution in [3.8, 4) is 0 Å². The molecular weight excluding hydrogens is 277 g/mol. The molecule has 2 rings (SSSR count). The van der Waals surface area contributed by atoms with Gasteiger partial charge in [0.1, 0.15) is 23.0 Å². The second-order valence-corrected chi connectivity index (χ2v) is 4.24. The standard InChI is InChI=1S/C14H12FN3O3/c1-8-17-11(6-12(18-8)14(20)21)13(19)16-7-9-2-4-10(15)5-3-9/h2-6,18H,1,7H2,(H,16,19)(H,20,21). The van der Waals surface area contributed by atoms with Gasteiger partial charge in [-0.3, -0.25) is 4.79 Å². The lowest BCUT2D eigenvalue weighted by Gasteiger charge is -2.14. The van der Waals surface area contributed by atoms with Gasteiger partial charge in [0, 0.05) is 12.6 Å². The summed E-state index contributed by atoms with van der Waals surface area (Å²) in [5, 5.41) is 13.9. The summed E-state index contributed by atoms with van der Waals surface area (Å²) < 4.78 is 12.8. The summed E-state index contributed by atoms with van der Waals surface area (Å²) in [6.07, 6.45) is 1.12. The average molecular weight is 289 g/mol. The third-order valence-electron chi connectivity index (χ3n) is 2.64. The number of aliphatic carboxylic acids is 1. The zero-order chi connectivity index (χ0) is 15.4. The lowest BCUT2D eigenvalue weighted by Crippen LogP contribution is -2.34. The molecule has 0 saturated heterocycles. The molecule has 0 spiro atoms. The van der Waals surface area contributed by atoms with Gasteiger partial charge in [0.15, 0.2) is 0 Å². The molecule has 21 heavy (non-hydrogen) atoms. The van der Waals surface area contributed by atoms with Crippen LogP contribution in [0.4, 0.5) is 4.39 Å². The Labute approximate surface area is 119 Å². The molecule has 0 unspecified atom stereocenters. The lowest BCUT2D eigenvalue weighted by molar-refractivity contribution is -0.133. The molecule has 0 saturated carbocycles. The van der Waals surface area contributed by atoms with Crippen LogP contribution in [0.15, 0.2) is 53.4 Å². The average Bonchev–Trinajstić information content (AvgIpc) is 2.45. The van der Waals surface area contributed by atoms with Crippen molar-refractivity contribution >= 4 is 17.6 Å². The van der Waals surface area contributed by atoms with Crippen LogP contribution in [0.5, 0.6) is 0 Å². The van der Waals surface area contributed by atoms with Crippen molar-refractivity contribution in [1.29, 1.82) is 0 Å². The number of benzene rings is 1. The molecule has 0 fully saturated rings. The monoisotopic (exact) mass is 289 g/mol. The van der Waals surface area contributed by atoms with Crippen LogP contribution in [0.3, 0.4) is 0 Å². The highest BCUT2D eigenvalue weighted by Crippen LogP contribution is 2.06. The van der Waals surface area contributed by atoms with E-state index in [9.17, 15) is 14.0 Å². The highest BCUT2D eigenvalue weighted by atomic mass is 19.1. The van der Waals surface area contributed by atoms with Gasteiger partial charge in [0.25, 0.3) is 5.91 Å². The molecule has 1 aromatic carbocycles. The van der Waals surface area contributed by atoms with Gasteiger partial charge in [-0.15, -0.1) is 0 Å². The summed E-state index contributed by atoms with van der Waals surface area (Å²) in [6.45, 7) is 3.66. The first-order valence-corrected chi connectivity index (χ1v) is 5.98. The zero-order valence-corrected chi connectivity index (χ0v) is 10.9. The molecule has 0 bridgehead atoms. The number of aliphatic imine (C=N–C) groups is 1. The third-order valence-corrected chi connectivity index (χ3v) is 2.64. The summed E-state index contributed by atoms with van der Waals surface area (Å²) in [7, 11) is 0. The number of nitrogens with zero attached hydrogens (tertiary/aromatic N) is 1. The van der Waals surface area contributed by atoms with Crippen molar-refractivity contribution in [1.82, 2.24) is 10.6 Å². The molecule has 1 aromatic rings. The van der Waals surface area contributed by atoms with Gasteiger partial charge in [-0.05, 0) is 17.7 Å². The maximum absolute atomic E-state index is 12.8. The number of carboxylic acids is 1. The SMILES string of the molecule is C=C1N=C(C(=O)NCc2ccc(F)cc2)C=C(C(=O)O)N1. The fourth-order valence-corrected chi connectivity index (χ4v) is 1.64. The van der Waals surface area contributed by atoms with Crippen LogP contribution in [0.1, 0.15) is 5.56 Å². The van der Waals surface area contributed by atoms with Crippen LogP contribution in [0.25, 0.3) is 0 Å². The minimum Gasteiger partial charge on any atom is -0.477 e. The van der Waals surface area contributed by atoms with E-state index in [1.165, 1.54) is 24.3 Å². The fraction of sp³-hybridized carbons (Fsp3) is 0.0714. The molecule has 1 amide bonds. The minimum atomic E-state index is -1.21. The second kappa shape index (κ2) is 6.00. The number of hydrogen-bond donors (Lipinski definition) is 3. The highest BCUT2D eigenvalue weighted by molar-refractivity contribution is 6.44. The molecular formula is C14H12FN3O3. The van der Waals surface area contributed by atoms with E-state index < -0.39 is 11.9 Å². The first kappa shape index (κ1) is 14.4. The molecule has 6 nitrogen and oxygen atoms in total. The van der Waals surface area contributed by atoms with Crippen LogP contribution in [-0.2, 0) is 16.1 Å². The normalized spacial score (nSPS) is 13.9. The van der Waals surface area contributed by atoms with Gasteiger partial charge in [0.05, 0.1) is 0 Å². The molecule has 108 valence electrons. The Balaban J connectivity index is 2.04. The maximum Gasteiger partial charge on any atom is 0.352 e. The Kier molecular flexibility index (Phi) is 4.13. The maximum atomic E-state index is 12.8. The Morgan fingerprint density at radius 2 is 2.00 bits per heavy atom. The van der Waals surface area contributed by atoms with Crippen molar-refractivity contribution in [3.63, 3.8) is 0 Å². The molecule has 0 atom stereocenters. The molecule has 0 aliphatic carbocycles. The Bertz CT molecular complexity index is 663. The van der Waals surface area contributed by atoms with E-state index in [-0.39, 0.29) is 29.6 Å².